The molecule has 1 unspecified atom stereocenters. The second kappa shape index (κ2) is 8.01. The third-order valence-corrected chi connectivity index (χ3v) is 6.34. The van der Waals surface area contributed by atoms with Crippen LogP contribution < -0.4 is 5.32 Å². The van der Waals surface area contributed by atoms with Crippen LogP contribution in [-0.2, 0) is 4.79 Å². The van der Waals surface area contributed by atoms with Gasteiger partial charge in [0.05, 0.1) is 6.04 Å². The molecule has 1 spiro atoms. The van der Waals surface area contributed by atoms with E-state index in [-0.39, 0.29) is 11.9 Å². The van der Waals surface area contributed by atoms with Crippen molar-refractivity contribution < 1.29 is 4.79 Å². The highest BCUT2D eigenvalue weighted by Crippen LogP contribution is 2.43. The first-order valence-corrected chi connectivity index (χ1v) is 10.0. The van der Waals surface area contributed by atoms with Crippen molar-refractivity contribution in [1.29, 1.82) is 0 Å². The number of amides is 1. The summed E-state index contributed by atoms with van der Waals surface area (Å²) in [6.07, 6.45) is 12.0. The topological polar surface area (TPSA) is 35.6 Å². The predicted octanol–water partition coefficient (Wildman–Crippen LogP) is 2.80. The van der Waals surface area contributed by atoms with E-state index in [0.29, 0.717) is 5.41 Å². The van der Waals surface area contributed by atoms with Gasteiger partial charge in [-0.25, -0.2) is 0 Å². The van der Waals surface area contributed by atoms with Gasteiger partial charge in [0.15, 0.2) is 0 Å². The lowest BCUT2D eigenvalue weighted by molar-refractivity contribution is -0.125. The van der Waals surface area contributed by atoms with E-state index in [1.807, 2.05) is 0 Å². The van der Waals surface area contributed by atoms with Crippen LogP contribution in [-0.4, -0.2) is 61.5 Å². The molecule has 24 heavy (non-hydrogen) atoms. The van der Waals surface area contributed by atoms with E-state index in [1.54, 1.807) is 0 Å². The molecule has 0 aromatic rings. The Hall–Kier alpha value is -0.870. The fourth-order valence-corrected chi connectivity index (χ4v) is 4.76. The van der Waals surface area contributed by atoms with Crippen molar-refractivity contribution in [2.24, 2.45) is 5.41 Å². The van der Waals surface area contributed by atoms with E-state index in [2.05, 4.69) is 35.2 Å². The zero-order chi connectivity index (χ0) is 17.0. The van der Waals surface area contributed by atoms with Gasteiger partial charge in [0.2, 0.25) is 5.91 Å². The Balaban J connectivity index is 1.59. The number of hydrogen-bond acceptors (Lipinski definition) is 3. The number of nitrogens with one attached hydrogen (secondary N) is 1. The van der Waals surface area contributed by atoms with E-state index in [9.17, 15) is 4.79 Å². The molecule has 1 atom stereocenters. The molecule has 2 fully saturated rings. The molecular formula is C20H35N3O. The van der Waals surface area contributed by atoms with Crippen LogP contribution in [0.25, 0.3) is 0 Å². The number of likely N-dealkylation sites (tertiary alicyclic amines) is 2. The molecule has 0 radical (unpaired) electrons. The molecule has 3 rings (SSSR count). The fraction of sp³-hybridized carbons (Fsp3) is 0.850. The smallest absolute Gasteiger partial charge is 0.237 e. The van der Waals surface area contributed by atoms with Crippen LogP contribution in [0, 0.1) is 5.41 Å². The van der Waals surface area contributed by atoms with Crippen molar-refractivity contribution in [2.45, 2.75) is 64.3 Å². The molecule has 2 aliphatic heterocycles. The Bertz CT molecular complexity index is 466. The van der Waals surface area contributed by atoms with Crippen molar-refractivity contribution in [1.82, 2.24) is 15.1 Å². The number of nitrogens with zero attached hydrogens (tertiary/aromatic N) is 2. The minimum atomic E-state index is 0.0950. The first-order chi connectivity index (χ1) is 11.6. The highest BCUT2D eigenvalue weighted by molar-refractivity contribution is 5.82. The van der Waals surface area contributed by atoms with Crippen molar-refractivity contribution in [2.75, 3.05) is 39.8 Å². The van der Waals surface area contributed by atoms with E-state index >= 15 is 0 Å². The van der Waals surface area contributed by atoms with Crippen molar-refractivity contribution in [3.8, 4) is 0 Å². The fourth-order valence-electron chi connectivity index (χ4n) is 4.76. The van der Waals surface area contributed by atoms with E-state index < -0.39 is 0 Å². The van der Waals surface area contributed by atoms with Gasteiger partial charge in [0.1, 0.15) is 0 Å². The summed E-state index contributed by atoms with van der Waals surface area (Å²) in [4.78, 5) is 17.8. The third kappa shape index (κ3) is 4.20. The van der Waals surface area contributed by atoms with Crippen LogP contribution in [0.2, 0.25) is 0 Å². The molecule has 1 N–H and O–H groups in total. The molecule has 4 heteroatoms. The SMILES string of the molecule is CCCN1CC2(CCN(C)CC2)CC1C(=O)NCC1=CCCCC1. The molecule has 3 aliphatic rings. The number of rotatable bonds is 5. The largest absolute Gasteiger partial charge is 0.351 e. The highest BCUT2D eigenvalue weighted by Gasteiger charge is 2.47. The van der Waals surface area contributed by atoms with Crippen LogP contribution in [0.3, 0.4) is 0 Å². The van der Waals surface area contributed by atoms with Gasteiger partial charge >= 0.3 is 0 Å². The minimum Gasteiger partial charge on any atom is -0.351 e. The Morgan fingerprint density at radius 3 is 2.79 bits per heavy atom. The van der Waals surface area contributed by atoms with Gasteiger partial charge < -0.3 is 10.2 Å². The van der Waals surface area contributed by atoms with Gasteiger partial charge in [-0.1, -0.05) is 18.6 Å². The third-order valence-electron chi connectivity index (χ3n) is 6.34. The molecule has 2 heterocycles. The molecule has 136 valence electrons. The lowest BCUT2D eigenvalue weighted by Crippen LogP contribution is -2.44. The van der Waals surface area contributed by atoms with E-state index in [1.165, 1.54) is 57.2 Å². The highest BCUT2D eigenvalue weighted by atomic mass is 16.2. The van der Waals surface area contributed by atoms with Crippen molar-refractivity contribution >= 4 is 5.91 Å². The summed E-state index contributed by atoms with van der Waals surface area (Å²) < 4.78 is 0. The van der Waals surface area contributed by atoms with Crippen LogP contribution in [0.15, 0.2) is 11.6 Å². The molecule has 0 saturated carbocycles. The Labute approximate surface area is 147 Å². The Kier molecular flexibility index (Phi) is 5.98. The van der Waals surface area contributed by atoms with Gasteiger partial charge in [0, 0.05) is 13.1 Å². The van der Waals surface area contributed by atoms with Crippen LogP contribution in [0.5, 0.6) is 0 Å². The average Bonchev–Trinajstić information content (AvgIpc) is 2.95. The lowest BCUT2D eigenvalue weighted by atomic mass is 9.76. The molecule has 1 amide bonds. The second-order valence-electron chi connectivity index (χ2n) is 8.32. The van der Waals surface area contributed by atoms with E-state index in [4.69, 9.17) is 0 Å². The summed E-state index contributed by atoms with van der Waals surface area (Å²) >= 11 is 0. The minimum absolute atomic E-state index is 0.0950. The molecule has 0 aromatic carbocycles. The van der Waals surface area contributed by atoms with E-state index in [0.717, 1.165) is 32.5 Å². The lowest BCUT2D eigenvalue weighted by Gasteiger charge is -2.37. The molecule has 4 nitrogen and oxygen atoms in total. The van der Waals surface area contributed by atoms with Gasteiger partial charge in [-0.05, 0) is 83.5 Å². The van der Waals surface area contributed by atoms with Gasteiger partial charge in [-0.15, -0.1) is 0 Å². The van der Waals surface area contributed by atoms with Crippen LogP contribution >= 0.6 is 0 Å². The number of carbonyl (C=O) groups excluding carboxylic acids is 1. The average molecular weight is 334 g/mol. The maximum atomic E-state index is 12.9. The van der Waals surface area contributed by atoms with Crippen LogP contribution in [0.4, 0.5) is 0 Å². The maximum Gasteiger partial charge on any atom is 0.237 e. The van der Waals surface area contributed by atoms with Gasteiger partial charge in [0.25, 0.3) is 0 Å². The summed E-state index contributed by atoms with van der Waals surface area (Å²) in [5.74, 6) is 0.269. The first-order valence-electron chi connectivity index (χ1n) is 10.0. The number of piperidine rings is 1. The summed E-state index contributed by atoms with van der Waals surface area (Å²) in [5.41, 5.74) is 1.82. The summed E-state index contributed by atoms with van der Waals surface area (Å²) in [5, 5.41) is 3.25. The zero-order valence-electron chi connectivity index (χ0n) is 15.6. The predicted molar refractivity (Wildman–Crippen MR) is 99.0 cm³/mol. The zero-order valence-corrected chi connectivity index (χ0v) is 15.6. The molecular weight excluding hydrogens is 298 g/mol. The monoisotopic (exact) mass is 333 g/mol. The molecule has 1 aliphatic carbocycles. The molecule has 2 saturated heterocycles. The summed E-state index contributed by atoms with van der Waals surface area (Å²) in [7, 11) is 2.22. The summed E-state index contributed by atoms with van der Waals surface area (Å²) in [6, 6.07) is 0.0950. The number of carbonyl (C=O) groups is 1. The summed E-state index contributed by atoms with van der Waals surface area (Å²) in [6.45, 7) is 7.53. The number of hydrogen-bond donors (Lipinski definition) is 1. The normalized spacial score (nSPS) is 28.1. The first kappa shape index (κ1) is 17.9. The van der Waals surface area contributed by atoms with Crippen LogP contribution in [0.1, 0.15) is 58.3 Å². The quantitative estimate of drug-likeness (QED) is 0.786. The maximum absolute atomic E-state index is 12.9. The Morgan fingerprint density at radius 1 is 1.33 bits per heavy atom. The standard InChI is InChI=1S/C20H35N3O/c1-3-11-23-16-20(9-12-22(2)13-10-20)14-18(23)19(24)21-15-17-7-5-4-6-8-17/h7,18H,3-6,8-16H2,1-2H3,(H,21,24). The van der Waals surface area contributed by atoms with Crippen molar-refractivity contribution in [3.05, 3.63) is 11.6 Å². The molecule has 0 bridgehead atoms. The Morgan fingerprint density at radius 2 is 2.12 bits per heavy atom. The van der Waals surface area contributed by atoms with Crippen molar-refractivity contribution in [3.63, 3.8) is 0 Å². The van der Waals surface area contributed by atoms with Gasteiger partial charge in [-0.2, -0.15) is 0 Å². The number of allylic oxidation sites excluding steroid dienone is 1. The second-order valence-corrected chi connectivity index (χ2v) is 8.32. The molecule has 0 aromatic heterocycles. The van der Waals surface area contributed by atoms with Gasteiger partial charge in [-0.3, -0.25) is 9.69 Å².